The Labute approximate surface area is 161 Å². The number of amides is 2. The molecule has 0 bridgehead atoms. The Morgan fingerprint density at radius 3 is 2.78 bits per heavy atom. The van der Waals surface area contributed by atoms with Crippen molar-refractivity contribution in [3.8, 4) is 0 Å². The second kappa shape index (κ2) is 9.22. The fraction of sp³-hybridized carbons (Fsp3) is 0.619. The molecule has 6 heteroatoms. The first kappa shape index (κ1) is 19.7. The van der Waals surface area contributed by atoms with Crippen LogP contribution in [0.1, 0.15) is 54.4 Å². The number of hydrogen-bond acceptors (Lipinski definition) is 4. The molecule has 3 N–H and O–H groups in total. The number of likely N-dealkylation sites (tertiary alicyclic amines) is 1. The highest BCUT2D eigenvalue weighted by atomic mass is 16.3. The molecule has 1 aromatic carbocycles. The zero-order valence-corrected chi connectivity index (χ0v) is 16.2. The molecule has 6 nitrogen and oxygen atoms in total. The highest BCUT2D eigenvalue weighted by Crippen LogP contribution is 2.35. The molecule has 2 aliphatic rings. The molecule has 1 aliphatic heterocycles. The fourth-order valence-electron chi connectivity index (χ4n) is 4.54. The molecule has 2 unspecified atom stereocenters. The molecular weight excluding hydrogens is 342 g/mol. The van der Waals surface area contributed by atoms with Gasteiger partial charge in [-0.25, -0.2) is 0 Å². The molecule has 3 rings (SSSR count). The summed E-state index contributed by atoms with van der Waals surface area (Å²) in [6.45, 7) is 3.13. The molecule has 0 radical (unpaired) electrons. The second-order valence-corrected chi connectivity index (χ2v) is 7.65. The summed E-state index contributed by atoms with van der Waals surface area (Å²) in [5.74, 6) is 0.621. The van der Waals surface area contributed by atoms with Crippen molar-refractivity contribution in [3.05, 3.63) is 29.3 Å². The molecule has 1 heterocycles. The molecule has 148 valence electrons. The van der Waals surface area contributed by atoms with Crippen LogP contribution < -0.4 is 10.6 Å². The van der Waals surface area contributed by atoms with E-state index >= 15 is 0 Å². The van der Waals surface area contributed by atoms with Gasteiger partial charge in [0.1, 0.15) is 0 Å². The number of carbonyl (C=O) groups is 2. The van der Waals surface area contributed by atoms with Gasteiger partial charge in [-0.1, -0.05) is 18.9 Å². The van der Waals surface area contributed by atoms with E-state index in [1.54, 1.807) is 6.07 Å². The summed E-state index contributed by atoms with van der Waals surface area (Å²) in [5, 5.41) is 14.8. The third kappa shape index (κ3) is 4.61. The van der Waals surface area contributed by atoms with Crippen molar-refractivity contribution in [1.82, 2.24) is 10.2 Å². The van der Waals surface area contributed by atoms with Gasteiger partial charge in [0.05, 0.1) is 13.2 Å². The van der Waals surface area contributed by atoms with Crippen LogP contribution in [0.5, 0.6) is 0 Å². The average Bonchev–Trinajstić information content (AvgIpc) is 2.70. The third-order valence-electron chi connectivity index (χ3n) is 5.97. The minimum Gasteiger partial charge on any atom is -0.395 e. The van der Waals surface area contributed by atoms with Crippen molar-refractivity contribution in [2.45, 2.75) is 51.5 Å². The third-order valence-corrected chi connectivity index (χ3v) is 5.97. The topological polar surface area (TPSA) is 81.7 Å². The van der Waals surface area contributed by atoms with Crippen LogP contribution in [0, 0.1) is 12.8 Å². The van der Waals surface area contributed by atoms with Crippen LogP contribution in [-0.2, 0) is 4.79 Å². The molecule has 2 atom stereocenters. The number of carbonyl (C=O) groups excluding carboxylic acids is 2. The first-order valence-corrected chi connectivity index (χ1v) is 10.1. The Bertz CT molecular complexity index is 675. The van der Waals surface area contributed by atoms with E-state index in [0.29, 0.717) is 17.5 Å². The van der Waals surface area contributed by atoms with Crippen LogP contribution in [0.2, 0.25) is 0 Å². The quantitative estimate of drug-likeness (QED) is 0.715. The number of nitrogens with zero attached hydrogens (tertiary/aromatic N) is 1. The van der Waals surface area contributed by atoms with E-state index in [0.717, 1.165) is 30.6 Å². The lowest BCUT2D eigenvalue weighted by Gasteiger charge is -2.44. The molecular formula is C21H31N3O3. The van der Waals surface area contributed by atoms with Gasteiger partial charge in [0.25, 0.3) is 5.91 Å². The molecule has 1 saturated heterocycles. The Balaban J connectivity index is 1.62. The Morgan fingerprint density at radius 1 is 1.19 bits per heavy atom. The maximum atomic E-state index is 12.9. The van der Waals surface area contributed by atoms with E-state index in [1.165, 1.54) is 25.7 Å². The zero-order valence-electron chi connectivity index (χ0n) is 16.2. The number of piperidine rings is 1. The number of nitrogens with one attached hydrogen (secondary N) is 2. The van der Waals surface area contributed by atoms with Crippen LogP contribution in [0.4, 0.5) is 5.69 Å². The van der Waals surface area contributed by atoms with Gasteiger partial charge in [-0.3, -0.25) is 9.59 Å². The van der Waals surface area contributed by atoms with Crippen LogP contribution in [0.15, 0.2) is 18.2 Å². The highest BCUT2D eigenvalue weighted by molar-refractivity contribution is 5.97. The number of aliphatic hydroxyl groups is 1. The van der Waals surface area contributed by atoms with Crippen LogP contribution in [-0.4, -0.2) is 54.1 Å². The van der Waals surface area contributed by atoms with E-state index in [4.69, 9.17) is 5.11 Å². The van der Waals surface area contributed by atoms with Crippen molar-refractivity contribution in [3.63, 3.8) is 0 Å². The second-order valence-electron chi connectivity index (χ2n) is 7.65. The molecule has 0 spiro atoms. The number of anilines is 1. The summed E-state index contributed by atoms with van der Waals surface area (Å²) in [6.07, 6.45) is 7.27. The van der Waals surface area contributed by atoms with Crippen molar-refractivity contribution >= 4 is 17.5 Å². The number of benzene rings is 1. The summed E-state index contributed by atoms with van der Waals surface area (Å²) in [4.78, 5) is 27.1. The lowest BCUT2D eigenvalue weighted by atomic mass is 9.78. The summed E-state index contributed by atoms with van der Waals surface area (Å²) >= 11 is 0. The average molecular weight is 373 g/mol. The van der Waals surface area contributed by atoms with Gasteiger partial charge in [0.15, 0.2) is 0 Å². The molecule has 2 fully saturated rings. The Morgan fingerprint density at radius 2 is 1.96 bits per heavy atom. The zero-order chi connectivity index (χ0) is 19.2. The van der Waals surface area contributed by atoms with Crippen molar-refractivity contribution in [1.29, 1.82) is 0 Å². The summed E-state index contributed by atoms with van der Waals surface area (Å²) < 4.78 is 0. The van der Waals surface area contributed by atoms with Gasteiger partial charge in [0, 0.05) is 30.4 Å². The lowest BCUT2D eigenvalue weighted by molar-refractivity contribution is -0.135. The smallest absolute Gasteiger partial charge is 0.251 e. The van der Waals surface area contributed by atoms with Crippen molar-refractivity contribution in [2.24, 2.45) is 5.92 Å². The van der Waals surface area contributed by atoms with E-state index in [1.807, 2.05) is 19.1 Å². The van der Waals surface area contributed by atoms with Crippen LogP contribution in [0.3, 0.4) is 0 Å². The number of aliphatic hydroxyl groups excluding tert-OH is 1. The summed E-state index contributed by atoms with van der Waals surface area (Å²) in [7, 11) is 0. The summed E-state index contributed by atoms with van der Waals surface area (Å²) in [6, 6.07) is 5.88. The van der Waals surface area contributed by atoms with E-state index < -0.39 is 0 Å². The maximum absolute atomic E-state index is 12.9. The van der Waals surface area contributed by atoms with E-state index in [9.17, 15) is 9.59 Å². The number of rotatable bonds is 6. The lowest BCUT2D eigenvalue weighted by Crippen LogP contribution is -2.51. The molecule has 0 aromatic heterocycles. The first-order valence-electron chi connectivity index (χ1n) is 10.1. The van der Waals surface area contributed by atoms with E-state index in [2.05, 4.69) is 15.5 Å². The molecule has 1 aromatic rings. The standard InChI is InChI=1S/C21H31N3O3/c1-15-17(21(27)22-11-13-25)8-4-9-18(15)23-14-20(26)24-12-5-7-16-6-2-3-10-19(16)24/h4,8-9,16,19,23,25H,2-3,5-7,10-14H2,1H3,(H,22,27). The molecule has 1 aliphatic carbocycles. The van der Waals surface area contributed by atoms with E-state index in [-0.39, 0.29) is 31.5 Å². The van der Waals surface area contributed by atoms with Gasteiger partial charge in [0.2, 0.25) is 5.91 Å². The van der Waals surface area contributed by atoms with Gasteiger partial charge in [-0.2, -0.15) is 0 Å². The molecule has 1 saturated carbocycles. The fourth-order valence-corrected chi connectivity index (χ4v) is 4.54. The van der Waals surface area contributed by atoms with Gasteiger partial charge >= 0.3 is 0 Å². The minimum atomic E-state index is -0.211. The largest absolute Gasteiger partial charge is 0.395 e. The van der Waals surface area contributed by atoms with Gasteiger partial charge in [-0.05, 0) is 56.2 Å². The Kier molecular flexibility index (Phi) is 6.72. The highest BCUT2D eigenvalue weighted by Gasteiger charge is 2.35. The number of fused-ring (bicyclic) bond motifs is 1. The monoisotopic (exact) mass is 373 g/mol. The van der Waals surface area contributed by atoms with Crippen molar-refractivity contribution < 1.29 is 14.7 Å². The predicted octanol–water partition coefficient (Wildman–Crippen LogP) is 2.31. The first-order chi connectivity index (χ1) is 13.1. The SMILES string of the molecule is Cc1c(NCC(=O)N2CCCC3CCCCC32)cccc1C(=O)NCCO. The van der Waals surface area contributed by atoms with Gasteiger partial charge < -0.3 is 20.6 Å². The maximum Gasteiger partial charge on any atom is 0.251 e. The Hall–Kier alpha value is -2.08. The molecule has 2 amide bonds. The van der Waals surface area contributed by atoms with Gasteiger partial charge in [-0.15, -0.1) is 0 Å². The van der Waals surface area contributed by atoms with Crippen LogP contribution in [0.25, 0.3) is 0 Å². The predicted molar refractivity (Wildman–Crippen MR) is 106 cm³/mol. The van der Waals surface area contributed by atoms with Crippen molar-refractivity contribution in [2.75, 3.05) is 31.6 Å². The number of hydrogen-bond donors (Lipinski definition) is 3. The normalized spacial score (nSPS) is 22.1. The summed E-state index contributed by atoms with van der Waals surface area (Å²) in [5.41, 5.74) is 2.18. The minimum absolute atomic E-state index is 0.0881. The molecule has 27 heavy (non-hydrogen) atoms. The van der Waals surface area contributed by atoms with Crippen LogP contribution >= 0.6 is 0 Å².